The highest BCUT2D eigenvalue weighted by Crippen LogP contribution is 2.33. The maximum absolute atomic E-state index is 13.3. The molecule has 2 heterocycles. The van der Waals surface area contributed by atoms with Crippen LogP contribution in [0.25, 0.3) is 22.9 Å². The van der Waals surface area contributed by atoms with Crippen LogP contribution < -0.4 is 4.31 Å². The number of aryl methyl sites for hydroxylation is 1. The van der Waals surface area contributed by atoms with Crippen molar-refractivity contribution >= 4 is 15.9 Å². The van der Waals surface area contributed by atoms with Crippen LogP contribution in [0.15, 0.2) is 68.5 Å². The summed E-state index contributed by atoms with van der Waals surface area (Å²) in [5.74, 6) is -0.237. The lowest BCUT2D eigenvalue weighted by Crippen LogP contribution is -2.27. The zero-order chi connectivity index (χ0) is 22.9. The maximum atomic E-state index is 13.3. The number of nitrogens with zero attached hydrogens (tertiary/aromatic N) is 5. The monoisotopic (exact) mass is 445 g/mol. The van der Waals surface area contributed by atoms with Crippen LogP contribution >= 0.6 is 0 Å². The Hall–Kier alpha value is -4.41. The van der Waals surface area contributed by atoms with Crippen molar-refractivity contribution in [2.75, 3.05) is 11.4 Å². The third-order valence-electron chi connectivity index (χ3n) is 4.62. The molecule has 158 valence electrons. The molecule has 0 aliphatic rings. The van der Waals surface area contributed by atoms with Crippen molar-refractivity contribution in [2.24, 2.45) is 0 Å². The van der Waals surface area contributed by atoms with Gasteiger partial charge in [0.25, 0.3) is 5.09 Å². The van der Waals surface area contributed by atoms with Crippen LogP contribution in [0.1, 0.15) is 17.0 Å². The minimum Gasteiger partial charge on any atom is -0.421 e. The van der Waals surface area contributed by atoms with E-state index in [2.05, 4.69) is 9.97 Å². The van der Waals surface area contributed by atoms with Crippen molar-refractivity contribution in [3.05, 3.63) is 71.5 Å². The summed E-state index contributed by atoms with van der Waals surface area (Å²) in [6.07, 6.45) is 0. The lowest BCUT2D eigenvalue weighted by atomic mass is 10.1. The second-order valence-electron chi connectivity index (χ2n) is 6.76. The number of hydrogen-bond acceptors (Lipinski definition) is 8. The van der Waals surface area contributed by atoms with Gasteiger partial charge in [-0.05, 0) is 31.2 Å². The summed E-state index contributed by atoms with van der Waals surface area (Å²) in [6, 6.07) is 19.3. The van der Waals surface area contributed by atoms with E-state index in [1.807, 2.05) is 25.1 Å². The predicted molar refractivity (Wildman–Crippen MR) is 114 cm³/mol. The molecule has 0 atom stereocenters. The van der Waals surface area contributed by atoms with E-state index in [1.54, 1.807) is 48.5 Å². The molecule has 0 bridgehead atoms. The fourth-order valence-corrected chi connectivity index (χ4v) is 4.02. The highest BCUT2D eigenvalue weighted by Gasteiger charge is 2.35. The number of aromatic nitrogens is 2. The van der Waals surface area contributed by atoms with Crippen molar-refractivity contribution in [3.63, 3.8) is 0 Å². The van der Waals surface area contributed by atoms with Gasteiger partial charge in [0, 0.05) is 18.2 Å². The first kappa shape index (κ1) is 20.8. The summed E-state index contributed by atoms with van der Waals surface area (Å²) in [4.78, 5) is 8.11. The summed E-state index contributed by atoms with van der Waals surface area (Å²) in [5.41, 5.74) is 1.46. The van der Waals surface area contributed by atoms with E-state index in [4.69, 9.17) is 8.83 Å². The van der Waals surface area contributed by atoms with Gasteiger partial charge >= 0.3 is 10.0 Å². The molecule has 4 rings (SSSR count). The minimum atomic E-state index is -4.43. The predicted octanol–water partition coefficient (Wildman–Crippen LogP) is 3.87. The number of sulfonamides is 1. The van der Waals surface area contributed by atoms with Crippen molar-refractivity contribution in [1.29, 1.82) is 10.5 Å². The van der Waals surface area contributed by atoms with Crippen molar-refractivity contribution in [2.45, 2.75) is 12.0 Å². The zero-order valence-corrected chi connectivity index (χ0v) is 17.8. The lowest BCUT2D eigenvalue weighted by Gasteiger charge is -2.14. The average molecular weight is 445 g/mol. The van der Waals surface area contributed by atoms with Crippen LogP contribution in [0.3, 0.4) is 0 Å². The van der Waals surface area contributed by atoms with Crippen LogP contribution in [0, 0.1) is 29.6 Å². The van der Waals surface area contributed by atoms with E-state index in [9.17, 15) is 18.9 Å². The van der Waals surface area contributed by atoms with Gasteiger partial charge in [-0.25, -0.2) is 4.31 Å². The molecule has 0 radical (unpaired) electrons. The average Bonchev–Trinajstić information content (AvgIpc) is 3.44. The Morgan fingerprint density at radius 2 is 1.41 bits per heavy atom. The molecule has 0 saturated carbocycles. The minimum absolute atomic E-state index is 0.0208. The Bertz CT molecular complexity index is 1470. The standard InChI is InChI=1S/C22H15N5O4S/c1-14-8-10-16(11-9-14)19-25-17(12-23)21(30-19)27(2)32(28,29)22-18(13-24)26-20(31-22)15-6-4-3-5-7-15/h3-11H,1-2H3. The lowest BCUT2D eigenvalue weighted by molar-refractivity contribution is 0.455. The van der Waals surface area contributed by atoms with Gasteiger partial charge in [-0.15, -0.1) is 0 Å². The van der Waals surface area contributed by atoms with Gasteiger partial charge in [0.2, 0.25) is 29.1 Å². The summed E-state index contributed by atoms with van der Waals surface area (Å²) in [6.45, 7) is 1.92. The third-order valence-corrected chi connectivity index (χ3v) is 6.25. The van der Waals surface area contributed by atoms with E-state index in [0.29, 0.717) is 15.4 Å². The fraction of sp³-hybridized carbons (Fsp3) is 0.0909. The van der Waals surface area contributed by atoms with E-state index in [1.165, 1.54) is 7.05 Å². The van der Waals surface area contributed by atoms with Crippen LogP contribution in [0.4, 0.5) is 5.88 Å². The normalized spacial score (nSPS) is 11.0. The Kier molecular flexibility index (Phi) is 5.23. The SMILES string of the molecule is Cc1ccc(-c2nc(C#N)c(N(C)S(=O)(=O)c3oc(-c4ccccc4)nc3C#N)o2)cc1. The molecule has 4 aromatic rings. The van der Waals surface area contributed by atoms with E-state index in [0.717, 1.165) is 5.56 Å². The van der Waals surface area contributed by atoms with Gasteiger partial charge in [-0.1, -0.05) is 35.9 Å². The third kappa shape index (κ3) is 3.60. The molecule has 10 heteroatoms. The molecule has 2 aromatic carbocycles. The topological polar surface area (TPSA) is 137 Å². The summed E-state index contributed by atoms with van der Waals surface area (Å²) >= 11 is 0. The molecule has 0 aliphatic carbocycles. The Morgan fingerprint density at radius 1 is 0.844 bits per heavy atom. The molecule has 0 spiro atoms. The first-order valence-corrected chi connectivity index (χ1v) is 10.7. The zero-order valence-electron chi connectivity index (χ0n) is 17.0. The van der Waals surface area contributed by atoms with Crippen LogP contribution in [0.5, 0.6) is 0 Å². The first-order valence-electron chi connectivity index (χ1n) is 9.28. The van der Waals surface area contributed by atoms with Gasteiger partial charge < -0.3 is 8.83 Å². The number of hydrogen-bond donors (Lipinski definition) is 0. The van der Waals surface area contributed by atoms with Crippen LogP contribution in [-0.4, -0.2) is 25.4 Å². The molecule has 0 unspecified atom stereocenters. The molecule has 0 aliphatic heterocycles. The molecule has 9 nitrogen and oxygen atoms in total. The molecule has 0 fully saturated rings. The Morgan fingerprint density at radius 3 is 2.03 bits per heavy atom. The van der Waals surface area contributed by atoms with Crippen molar-refractivity contribution in [3.8, 4) is 35.0 Å². The second-order valence-corrected chi connectivity index (χ2v) is 8.62. The molecule has 0 N–H and O–H groups in total. The molecule has 2 aromatic heterocycles. The van der Waals surface area contributed by atoms with Crippen molar-refractivity contribution < 1.29 is 17.3 Å². The van der Waals surface area contributed by atoms with E-state index < -0.39 is 20.8 Å². The number of oxazole rings is 2. The number of anilines is 1. The van der Waals surface area contributed by atoms with Crippen molar-refractivity contribution in [1.82, 2.24) is 9.97 Å². The molecule has 0 saturated heterocycles. The second kappa shape index (κ2) is 8.02. The Balaban J connectivity index is 1.78. The van der Waals surface area contributed by atoms with Gasteiger partial charge in [0.05, 0.1) is 0 Å². The Labute approximate surface area is 183 Å². The smallest absolute Gasteiger partial charge is 0.303 e. The highest BCUT2D eigenvalue weighted by atomic mass is 32.2. The quantitative estimate of drug-likeness (QED) is 0.451. The highest BCUT2D eigenvalue weighted by molar-refractivity contribution is 7.92. The van der Waals surface area contributed by atoms with Crippen LogP contribution in [-0.2, 0) is 10.0 Å². The summed E-state index contributed by atoms with van der Waals surface area (Å²) < 4.78 is 38.3. The van der Waals surface area contributed by atoms with Crippen LogP contribution in [0.2, 0.25) is 0 Å². The van der Waals surface area contributed by atoms with E-state index >= 15 is 0 Å². The fourth-order valence-electron chi connectivity index (χ4n) is 2.91. The van der Waals surface area contributed by atoms with Gasteiger partial charge in [0.1, 0.15) is 12.1 Å². The molecular formula is C22H15N5O4S. The van der Waals surface area contributed by atoms with Gasteiger partial charge in [-0.3, -0.25) is 0 Å². The van der Waals surface area contributed by atoms with Gasteiger partial charge in [-0.2, -0.15) is 28.9 Å². The summed E-state index contributed by atoms with van der Waals surface area (Å²) in [5, 5.41) is 18.3. The summed E-state index contributed by atoms with van der Waals surface area (Å²) in [7, 11) is -3.25. The van der Waals surface area contributed by atoms with E-state index in [-0.39, 0.29) is 23.4 Å². The largest absolute Gasteiger partial charge is 0.421 e. The number of nitriles is 2. The number of rotatable bonds is 5. The first-order chi connectivity index (χ1) is 15.3. The molecule has 0 amide bonds. The number of benzene rings is 2. The molecular weight excluding hydrogens is 430 g/mol. The maximum Gasteiger partial charge on any atom is 0.303 e. The molecule has 32 heavy (non-hydrogen) atoms. The van der Waals surface area contributed by atoms with Gasteiger partial charge in [0.15, 0.2) is 0 Å².